The highest BCUT2D eigenvalue weighted by Gasteiger charge is 2.41. The van der Waals surface area contributed by atoms with E-state index in [0.717, 1.165) is 33.2 Å². The first-order valence-corrected chi connectivity index (χ1v) is 13.3. The largest absolute Gasteiger partial charge is 0.457 e. The maximum atomic E-state index is 13.6. The lowest BCUT2D eigenvalue weighted by molar-refractivity contribution is -0.141. The second-order valence-corrected chi connectivity index (χ2v) is 9.92. The van der Waals surface area contributed by atoms with Crippen molar-refractivity contribution in [1.82, 2.24) is 15.2 Å². The molecule has 8 heteroatoms. The Hall–Kier alpha value is -4.17. The Morgan fingerprint density at radius 2 is 1.76 bits per heavy atom. The first kappa shape index (κ1) is 25.5. The number of hydrogen-bond acceptors (Lipinski definition) is 7. The molecule has 2 aliphatic heterocycles. The molecule has 1 amide bonds. The molecule has 2 aromatic carbocycles. The van der Waals surface area contributed by atoms with Crippen molar-refractivity contribution in [2.24, 2.45) is 4.99 Å². The van der Waals surface area contributed by atoms with E-state index in [-0.39, 0.29) is 18.9 Å². The molecule has 0 aliphatic carbocycles. The third kappa shape index (κ3) is 5.55. The Labute approximate surface area is 226 Å². The van der Waals surface area contributed by atoms with E-state index in [0.29, 0.717) is 17.8 Å². The zero-order chi connectivity index (χ0) is 26.5. The fourth-order valence-corrected chi connectivity index (χ4v) is 5.50. The highest BCUT2D eigenvalue weighted by atomic mass is 32.2. The fraction of sp³-hybridized carbons (Fsp3) is 0.200. The van der Waals surface area contributed by atoms with Gasteiger partial charge in [-0.1, -0.05) is 72.4 Å². The van der Waals surface area contributed by atoms with Crippen LogP contribution in [0.4, 0.5) is 0 Å². The third-order valence-corrected chi connectivity index (χ3v) is 7.34. The van der Waals surface area contributed by atoms with Crippen molar-refractivity contribution < 1.29 is 14.3 Å². The molecule has 2 aliphatic rings. The van der Waals surface area contributed by atoms with Gasteiger partial charge >= 0.3 is 5.97 Å². The molecule has 0 radical (unpaired) electrons. The van der Waals surface area contributed by atoms with Crippen molar-refractivity contribution in [3.8, 4) is 0 Å². The van der Waals surface area contributed by atoms with Gasteiger partial charge in [-0.05, 0) is 48.1 Å². The quantitative estimate of drug-likeness (QED) is 0.397. The van der Waals surface area contributed by atoms with E-state index < -0.39 is 12.0 Å². The third-order valence-electron chi connectivity index (χ3n) is 6.45. The highest BCUT2D eigenvalue weighted by molar-refractivity contribution is 8.16. The van der Waals surface area contributed by atoms with Crippen LogP contribution in [0.1, 0.15) is 41.8 Å². The Bertz CT molecular complexity index is 1430. The number of ether oxygens (including phenoxy) is 1. The van der Waals surface area contributed by atoms with Crippen molar-refractivity contribution in [1.29, 1.82) is 0 Å². The Morgan fingerprint density at radius 3 is 2.53 bits per heavy atom. The smallest absolute Gasteiger partial charge is 0.338 e. The molecule has 1 atom stereocenters. The summed E-state index contributed by atoms with van der Waals surface area (Å²) in [5, 5.41) is 5.63. The van der Waals surface area contributed by atoms with Crippen LogP contribution in [0.3, 0.4) is 0 Å². The zero-order valence-corrected chi connectivity index (χ0v) is 22.1. The van der Waals surface area contributed by atoms with Crippen LogP contribution in [-0.4, -0.2) is 26.9 Å². The second-order valence-electron chi connectivity index (χ2n) is 9.09. The van der Waals surface area contributed by atoms with Gasteiger partial charge in [-0.15, -0.1) is 0 Å². The van der Waals surface area contributed by atoms with E-state index in [1.165, 1.54) is 11.8 Å². The molecule has 38 heavy (non-hydrogen) atoms. The number of esters is 1. The summed E-state index contributed by atoms with van der Waals surface area (Å²) in [6.07, 6.45) is 1.85. The summed E-state index contributed by atoms with van der Waals surface area (Å²) in [7, 11) is 0. The van der Waals surface area contributed by atoms with Gasteiger partial charge in [0.1, 0.15) is 6.61 Å². The SMILES string of the molecule is CC1=C(C(=O)OCc2ccccc2)[C@@H](c2ccccc2C)N2C(CC(=O)NCc3ccccn3)=CSC2=N1. The van der Waals surface area contributed by atoms with Crippen LogP contribution in [0, 0.1) is 6.92 Å². The van der Waals surface area contributed by atoms with Crippen LogP contribution in [0.5, 0.6) is 0 Å². The van der Waals surface area contributed by atoms with E-state index in [1.807, 2.05) is 97.0 Å². The van der Waals surface area contributed by atoms with Crippen molar-refractivity contribution >= 4 is 28.8 Å². The van der Waals surface area contributed by atoms with Crippen molar-refractivity contribution in [2.45, 2.75) is 39.5 Å². The molecule has 0 fully saturated rings. The lowest BCUT2D eigenvalue weighted by Crippen LogP contribution is -2.38. The number of amides is 1. The van der Waals surface area contributed by atoms with Gasteiger partial charge < -0.3 is 15.0 Å². The van der Waals surface area contributed by atoms with Gasteiger partial charge in [-0.25, -0.2) is 9.79 Å². The van der Waals surface area contributed by atoms with E-state index in [4.69, 9.17) is 9.73 Å². The number of hydrogen-bond donors (Lipinski definition) is 1. The molecule has 1 aromatic heterocycles. The van der Waals surface area contributed by atoms with Crippen LogP contribution in [0.2, 0.25) is 0 Å². The number of pyridine rings is 1. The van der Waals surface area contributed by atoms with E-state index in [2.05, 4.69) is 10.3 Å². The van der Waals surface area contributed by atoms with Crippen molar-refractivity contribution in [3.05, 3.63) is 124 Å². The van der Waals surface area contributed by atoms with E-state index in [1.54, 1.807) is 6.20 Å². The van der Waals surface area contributed by atoms with Gasteiger partial charge in [0.25, 0.3) is 0 Å². The molecular formula is C30H28N4O3S. The molecule has 0 saturated heterocycles. The summed E-state index contributed by atoms with van der Waals surface area (Å²) in [5.74, 6) is -0.551. The van der Waals surface area contributed by atoms with Crippen LogP contribution >= 0.6 is 11.8 Å². The maximum absolute atomic E-state index is 13.6. The number of aromatic nitrogens is 1. The number of nitrogens with one attached hydrogen (secondary N) is 1. The average Bonchev–Trinajstić information content (AvgIpc) is 3.33. The predicted octanol–water partition coefficient (Wildman–Crippen LogP) is 5.41. The number of allylic oxidation sites excluding steroid dienone is 1. The minimum Gasteiger partial charge on any atom is -0.457 e. The monoisotopic (exact) mass is 524 g/mol. The number of aryl methyl sites for hydroxylation is 1. The zero-order valence-electron chi connectivity index (χ0n) is 21.3. The Balaban J connectivity index is 1.41. The first-order chi connectivity index (χ1) is 18.5. The number of carbonyl (C=O) groups excluding carboxylic acids is 2. The molecule has 0 bridgehead atoms. The predicted molar refractivity (Wildman–Crippen MR) is 149 cm³/mol. The molecule has 0 spiro atoms. The summed E-state index contributed by atoms with van der Waals surface area (Å²) in [4.78, 5) is 37.5. The molecule has 5 rings (SSSR count). The highest BCUT2D eigenvalue weighted by Crippen LogP contribution is 2.45. The molecule has 3 heterocycles. The van der Waals surface area contributed by atoms with Gasteiger partial charge in [-0.3, -0.25) is 9.78 Å². The average molecular weight is 525 g/mol. The lowest BCUT2D eigenvalue weighted by atomic mass is 9.91. The molecule has 3 aromatic rings. The standard InChI is InChI=1S/C30H28N4O3S/c1-20-10-6-7-14-25(20)28-27(29(36)37-18-22-11-4-3-5-12-22)21(2)33-30-34(28)24(19-38-30)16-26(35)32-17-23-13-8-9-15-31-23/h3-15,19,28H,16-18H2,1-2H3,(H,32,35)/t28-/m1/s1. The van der Waals surface area contributed by atoms with Gasteiger partial charge in [-0.2, -0.15) is 0 Å². The van der Waals surface area contributed by atoms with Crippen LogP contribution in [0.25, 0.3) is 0 Å². The number of fused-ring (bicyclic) bond motifs is 1. The Morgan fingerprint density at radius 1 is 1.00 bits per heavy atom. The normalized spacial score (nSPS) is 16.5. The van der Waals surface area contributed by atoms with Crippen LogP contribution < -0.4 is 5.32 Å². The molecule has 0 unspecified atom stereocenters. The summed E-state index contributed by atoms with van der Waals surface area (Å²) < 4.78 is 5.78. The fourth-order valence-electron chi connectivity index (χ4n) is 4.54. The van der Waals surface area contributed by atoms with Gasteiger partial charge in [0.15, 0.2) is 5.17 Å². The van der Waals surface area contributed by atoms with Crippen molar-refractivity contribution in [3.63, 3.8) is 0 Å². The Kier molecular flexibility index (Phi) is 7.70. The summed E-state index contributed by atoms with van der Waals surface area (Å²) in [5.41, 5.74) is 5.57. The van der Waals surface area contributed by atoms with Gasteiger partial charge in [0, 0.05) is 11.9 Å². The number of nitrogens with zero attached hydrogens (tertiary/aromatic N) is 3. The first-order valence-electron chi connectivity index (χ1n) is 12.4. The minimum absolute atomic E-state index is 0.133. The summed E-state index contributed by atoms with van der Waals surface area (Å²) in [6, 6.07) is 22.7. The van der Waals surface area contributed by atoms with Gasteiger partial charge in [0.2, 0.25) is 5.91 Å². The summed E-state index contributed by atoms with van der Waals surface area (Å²) >= 11 is 1.46. The number of carbonyl (C=O) groups is 2. The van der Waals surface area contributed by atoms with Crippen molar-refractivity contribution in [2.75, 3.05) is 0 Å². The van der Waals surface area contributed by atoms with E-state index >= 15 is 0 Å². The number of aliphatic imine (C=N–C) groups is 1. The number of rotatable bonds is 8. The molecule has 0 saturated carbocycles. The molecular weight excluding hydrogens is 496 g/mol. The van der Waals surface area contributed by atoms with E-state index in [9.17, 15) is 9.59 Å². The molecule has 7 nitrogen and oxygen atoms in total. The number of amidine groups is 1. The second kappa shape index (κ2) is 11.5. The lowest BCUT2D eigenvalue weighted by Gasteiger charge is -2.37. The topological polar surface area (TPSA) is 83.9 Å². The van der Waals surface area contributed by atoms with Crippen LogP contribution in [-0.2, 0) is 27.5 Å². The number of benzene rings is 2. The van der Waals surface area contributed by atoms with Gasteiger partial charge in [0.05, 0.1) is 36.0 Å². The maximum Gasteiger partial charge on any atom is 0.338 e. The molecule has 192 valence electrons. The summed E-state index contributed by atoms with van der Waals surface area (Å²) in [6.45, 7) is 4.38. The minimum atomic E-state index is -0.461. The molecule has 1 N–H and O–H groups in total. The van der Waals surface area contributed by atoms with Crippen LogP contribution in [0.15, 0.2) is 106 Å². The number of thioether (sulfide) groups is 1.